The van der Waals surface area contributed by atoms with Gasteiger partial charge in [-0.25, -0.2) is 0 Å². The standard InChI is InChI=1S/C16H19NO/c1-17(12-11-14-7-4-3-5-8-14)15-9-6-10-16(13-15)18-2/h3-10,13H,11-12H2,1-2H3. The Morgan fingerprint density at radius 1 is 1.00 bits per heavy atom. The molecule has 0 aliphatic rings. The van der Waals surface area contributed by atoms with Crippen molar-refractivity contribution in [3.05, 3.63) is 60.2 Å². The number of benzene rings is 2. The topological polar surface area (TPSA) is 12.5 Å². The van der Waals surface area contributed by atoms with Crippen molar-refractivity contribution in [1.29, 1.82) is 0 Å². The first-order valence-corrected chi connectivity index (χ1v) is 6.19. The summed E-state index contributed by atoms with van der Waals surface area (Å²) in [6, 6.07) is 18.7. The minimum Gasteiger partial charge on any atom is -0.497 e. The highest BCUT2D eigenvalue weighted by Gasteiger charge is 2.02. The molecule has 0 N–H and O–H groups in total. The minimum absolute atomic E-state index is 0.902. The van der Waals surface area contributed by atoms with E-state index in [0.717, 1.165) is 18.7 Å². The van der Waals surface area contributed by atoms with E-state index < -0.39 is 0 Å². The summed E-state index contributed by atoms with van der Waals surface area (Å²) in [4.78, 5) is 2.25. The maximum atomic E-state index is 5.24. The SMILES string of the molecule is COc1cccc(N(C)CCc2ccccc2)c1. The van der Waals surface area contributed by atoms with E-state index in [1.165, 1.54) is 11.3 Å². The third-order valence-electron chi connectivity index (χ3n) is 3.07. The van der Waals surface area contributed by atoms with Gasteiger partial charge in [-0.3, -0.25) is 0 Å². The van der Waals surface area contributed by atoms with Crippen LogP contribution in [0.3, 0.4) is 0 Å². The van der Waals surface area contributed by atoms with Gasteiger partial charge in [0, 0.05) is 25.3 Å². The lowest BCUT2D eigenvalue weighted by Crippen LogP contribution is -2.20. The van der Waals surface area contributed by atoms with Crippen LogP contribution in [0.5, 0.6) is 5.75 Å². The van der Waals surface area contributed by atoms with Crippen molar-refractivity contribution in [2.75, 3.05) is 25.6 Å². The normalized spacial score (nSPS) is 10.1. The van der Waals surface area contributed by atoms with E-state index in [1.54, 1.807) is 7.11 Å². The Kier molecular flexibility index (Phi) is 4.24. The summed E-state index contributed by atoms with van der Waals surface area (Å²) in [5.74, 6) is 0.902. The number of hydrogen-bond donors (Lipinski definition) is 0. The van der Waals surface area contributed by atoms with Gasteiger partial charge in [0.1, 0.15) is 5.75 Å². The molecule has 0 unspecified atom stereocenters. The van der Waals surface area contributed by atoms with Crippen LogP contribution in [0.25, 0.3) is 0 Å². The molecule has 2 nitrogen and oxygen atoms in total. The van der Waals surface area contributed by atoms with Gasteiger partial charge in [0.2, 0.25) is 0 Å². The van der Waals surface area contributed by atoms with Crippen LogP contribution in [0.2, 0.25) is 0 Å². The van der Waals surface area contributed by atoms with Gasteiger partial charge in [0.15, 0.2) is 0 Å². The molecule has 2 rings (SSSR count). The van der Waals surface area contributed by atoms with E-state index in [9.17, 15) is 0 Å². The summed E-state index contributed by atoms with van der Waals surface area (Å²) in [5.41, 5.74) is 2.55. The molecule has 18 heavy (non-hydrogen) atoms. The van der Waals surface area contributed by atoms with Crippen LogP contribution < -0.4 is 9.64 Å². The van der Waals surface area contributed by atoms with Crippen molar-refractivity contribution in [2.45, 2.75) is 6.42 Å². The lowest BCUT2D eigenvalue weighted by Gasteiger charge is -2.19. The van der Waals surface area contributed by atoms with Crippen LogP contribution in [-0.4, -0.2) is 20.7 Å². The quantitative estimate of drug-likeness (QED) is 0.795. The van der Waals surface area contributed by atoms with E-state index in [4.69, 9.17) is 4.74 Å². The van der Waals surface area contributed by atoms with Gasteiger partial charge in [-0.15, -0.1) is 0 Å². The first-order chi connectivity index (χ1) is 8.79. The smallest absolute Gasteiger partial charge is 0.120 e. The van der Waals surface area contributed by atoms with Gasteiger partial charge in [-0.05, 0) is 24.1 Å². The molecule has 0 saturated carbocycles. The molecular formula is C16H19NO. The summed E-state index contributed by atoms with van der Waals surface area (Å²) < 4.78 is 5.24. The fourth-order valence-electron chi connectivity index (χ4n) is 1.92. The summed E-state index contributed by atoms with van der Waals surface area (Å²) in [6.07, 6.45) is 1.05. The zero-order chi connectivity index (χ0) is 12.8. The maximum Gasteiger partial charge on any atom is 0.120 e. The zero-order valence-corrected chi connectivity index (χ0v) is 11.0. The molecule has 0 aliphatic heterocycles. The molecule has 0 radical (unpaired) electrons. The fourth-order valence-corrected chi connectivity index (χ4v) is 1.92. The van der Waals surface area contributed by atoms with Crippen LogP contribution in [0, 0.1) is 0 Å². The zero-order valence-electron chi connectivity index (χ0n) is 11.0. The number of rotatable bonds is 5. The predicted molar refractivity (Wildman–Crippen MR) is 76.4 cm³/mol. The van der Waals surface area contributed by atoms with E-state index >= 15 is 0 Å². The van der Waals surface area contributed by atoms with E-state index in [-0.39, 0.29) is 0 Å². The number of methoxy groups -OCH3 is 1. The van der Waals surface area contributed by atoms with Crippen LogP contribution >= 0.6 is 0 Å². The second-order valence-corrected chi connectivity index (χ2v) is 4.36. The van der Waals surface area contributed by atoms with Gasteiger partial charge in [0.05, 0.1) is 7.11 Å². The van der Waals surface area contributed by atoms with Crippen LogP contribution in [0.15, 0.2) is 54.6 Å². The monoisotopic (exact) mass is 241 g/mol. The van der Waals surface area contributed by atoms with Gasteiger partial charge < -0.3 is 9.64 Å². The van der Waals surface area contributed by atoms with Gasteiger partial charge >= 0.3 is 0 Å². The molecule has 0 bridgehead atoms. The molecule has 0 heterocycles. The third-order valence-corrected chi connectivity index (χ3v) is 3.07. The summed E-state index contributed by atoms with van der Waals surface area (Å²) >= 11 is 0. The van der Waals surface area contributed by atoms with Crippen LogP contribution in [0.1, 0.15) is 5.56 Å². The number of nitrogens with zero attached hydrogens (tertiary/aromatic N) is 1. The molecule has 0 aromatic heterocycles. The van der Waals surface area contributed by atoms with Crippen LogP contribution in [-0.2, 0) is 6.42 Å². The molecule has 0 fully saturated rings. The summed E-state index contributed by atoms with van der Waals surface area (Å²) in [6.45, 7) is 0.997. The predicted octanol–water partition coefficient (Wildman–Crippen LogP) is 3.37. The second-order valence-electron chi connectivity index (χ2n) is 4.36. The second kappa shape index (κ2) is 6.10. The molecule has 0 aliphatic carbocycles. The molecule has 0 amide bonds. The summed E-state index contributed by atoms with van der Waals surface area (Å²) in [5, 5.41) is 0. The van der Waals surface area contributed by atoms with Crippen molar-refractivity contribution in [1.82, 2.24) is 0 Å². The van der Waals surface area contributed by atoms with Crippen molar-refractivity contribution in [3.63, 3.8) is 0 Å². The van der Waals surface area contributed by atoms with Crippen molar-refractivity contribution >= 4 is 5.69 Å². The number of likely N-dealkylation sites (N-methyl/N-ethyl adjacent to an activating group) is 1. The fraction of sp³-hybridized carbons (Fsp3) is 0.250. The molecule has 0 atom stereocenters. The molecule has 0 saturated heterocycles. The number of ether oxygens (including phenoxy) is 1. The Hall–Kier alpha value is -1.96. The van der Waals surface area contributed by atoms with Gasteiger partial charge in [-0.2, -0.15) is 0 Å². The van der Waals surface area contributed by atoms with Crippen molar-refractivity contribution in [2.24, 2.45) is 0 Å². The molecule has 94 valence electrons. The number of anilines is 1. The first-order valence-electron chi connectivity index (χ1n) is 6.19. The lowest BCUT2D eigenvalue weighted by atomic mass is 10.1. The third kappa shape index (κ3) is 3.27. The van der Waals surface area contributed by atoms with Gasteiger partial charge in [-0.1, -0.05) is 36.4 Å². The molecule has 2 aromatic rings. The highest BCUT2D eigenvalue weighted by atomic mass is 16.5. The van der Waals surface area contributed by atoms with E-state index in [0.29, 0.717) is 0 Å². The first kappa shape index (κ1) is 12.5. The van der Waals surface area contributed by atoms with Gasteiger partial charge in [0.25, 0.3) is 0 Å². The largest absolute Gasteiger partial charge is 0.497 e. The Morgan fingerprint density at radius 3 is 2.50 bits per heavy atom. The Bertz CT molecular complexity index is 481. The van der Waals surface area contributed by atoms with Crippen LogP contribution in [0.4, 0.5) is 5.69 Å². The highest BCUT2D eigenvalue weighted by Crippen LogP contribution is 2.20. The molecule has 2 heteroatoms. The average Bonchev–Trinajstić information content (AvgIpc) is 2.46. The van der Waals surface area contributed by atoms with E-state index in [1.807, 2.05) is 12.1 Å². The number of hydrogen-bond acceptors (Lipinski definition) is 2. The summed E-state index contributed by atoms with van der Waals surface area (Å²) in [7, 11) is 3.81. The van der Waals surface area contributed by atoms with Crippen molar-refractivity contribution in [3.8, 4) is 5.75 Å². The molecule has 2 aromatic carbocycles. The Labute approximate surface area is 109 Å². The Balaban J connectivity index is 1.97. The molecular weight excluding hydrogens is 222 g/mol. The van der Waals surface area contributed by atoms with E-state index in [2.05, 4.69) is 54.4 Å². The highest BCUT2D eigenvalue weighted by molar-refractivity contribution is 5.50. The maximum absolute atomic E-state index is 5.24. The van der Waals surface area contributed by atoms with Crippen molar-refractivity contribution < 1.29 is 4.74 Å². The Morgan fingerprint density at radius 2 is 1.78 bits per heavy atom. The lowest BCUT2D eigenvalue weighted by molar-refractivity contribution is 0.415. The average molecular weight is 241 g/mol. The molecule has 0 spiro atoms. The minimum atomic E-state index is 0.902.